The molecule has 1 unspecified atom stereocenters. The van der Waals surface area contributed by atoms with E-state index in [0.717, 1.165) is 29.3 Å². The smallest absolute Gasteiger partial charge is 0.435 e. The van der Waals surface area contributed by atoms with Crippen LogP contribution in [0.4, 0.5) is 18.9 Å². The number of aromatic nitrogens is 2. The quantitative estimate of drug-likeness (QED) is 0.531. The highest BCUT2D eigenvalue weighted by Gasteiger charge is 2.36. The molecule has 8 heteroatoms. The largest absolute Gasteiger partial charge is 0.497 e. The summed E-state index contributed by atoms with van der Waals surface area (Å²) in [5.74, 6) is 1.000. The van der Waals surface area contributed by atoms with Crippen LogP contribution in [0.25, 0.3) is 5.69 Å². The number of carbonyl (C=O) groups is 1. The zero-order valence-electron chi connectivity index (χ0n) is 17.1. The Morgan fingerprint density at radius 1 is 1.10 bits per heavy atom. The number of nitrogens with zero attached hydrogens (tertiary/aromatic N) is 3. The Balaban J connectivity index is 1.60. The topological polar surface area (TPSA) is 47.4 Å². The third-order valence-electron chi connectivity index (χ3n) is 5.54. The Hall–Kier alpha value is -3.29. The summed E-state index contributed by atoms with van der Waals surface area (Å²) in [7, 11) is 1.59. The van der Waals surface area contributed by atoms with Gasteiger partial charge in [0.15, 0.2) is 5.69 Å². The molecule has 1 aromatic heterocycles. The van der Waals surface area contributed by atoms with Gasteiger partial charge in [-0.1, -0.05) is 0 Å². The van der Waals surface area contributed by atoms with Gasteiger partial charge in [0.2, 0.25) is 0 Å². The van der Waals surface area contributed by atoms with Crippen molar-refractivity contribution in [2.75, 3.05) is 12.0 Å². The number of benzene rings is 2. The Morgan fingerprint density at radius 2 is 1.74 bits per heavy atom. The molecule has 1 saturated carbocycles. The van der Waals surface area contributed by atoms with Crippen LogP contribution in [0.5, 0.6) is 5.75 Å². The fourth-order valence-electron chi connectivity index (χ4n) is 3.58. The minimum atomic E-state index is -4.50. The van der Waals surface area contributed by atoms with Crippen LogP contribution in [0.2, 0.25) is 0 Å². The van der Waals surface area contributed by atoms with E-state index in [2.05, 4.69) is 5.10 Å². The molecule has 0 spiro atoms. The Bertz CT molecular complexity index is 1050. The summed E-state index contributed by atoms with van der Waals surface area (Å²) in [5, 5.41) is 3.57. The number of ether oxygens (including phenoxy) is 1. The minimum Gasteiger partial charge on any atom is -0.497 e. The number of methoxy groups -OCH3 is 1. The first-order valence-corrected chi connectivity index (χ1v) is 9.99. The molecule has 1 fully saturated rings. The van der Waals surface area contributed by atoms with Gasteiger partial charge in [-0.25, -0.2) is 4.68 Å². The fraction of sp³-hybridized carbons (Fsp3) is 0.304. The highest BCUT2D eigenvalue weighted by molar-refractivity contribution is 6.06. The van der Waals surface area contributed by atoms with Crippen LogP contribution in [-0.4, -0.2) is 28.8 Å². The number of carbonyl (C=O) groups excluding carboxylic acids is 1. The summed E-state index contributed by atoms with van der Waals surface area (Å²) >= 11 is 0. The van der Waals surface area contributed by atoms with Gasteiger partial charge in [-0.3, -0.25) is 4.79 Å². The van der Waals surface area contributed by atoms with Crippen molar-refractivity contribution in [1.82, 2.24) is 9.78 Å². The first-order chi connectivity index (χ1) is 14.8. The van der Waals surface area contributed by atoms with Gasteiger partial charge in [-0.2, -0.15) is 18.3 Å². The molecule has 4 rings (SSSR count). The molecule has 0 bridgehead atoms. The zero-order valence-corrected chi connectivity index (χ0v) is 17.1. The Kier molecular flexibility index (Phi) is 5.47. The van der Waals surface area contributed by atoms with E-state index in [1.54, 1.807) is 36.3 Å². The van der Waals surface area contributed by atoms with E-state index in [9.17, 15) is 18.0 Å². The van der Waals surface area contributed by atoms with Crippen LogP contribution in [0.3, 0.4) is 0 Å². The van der Waals surface area contributed by atoms with Crippen molar-refractivity contribution >= 4 is 11.6 Å². The van der Waals surface area contributed by atoms with E-state index in [4.69, 9.17) is 4.74 Å². The third-order valence-corrected chi connectivity index (χ3v) is 5.54. The molecule has 0 saturated heterocycles. The number of alkyl halides is 3. The summed E-state index contributed by atoms with van der Waals surface area (Å²) in [6.45, 7) is 2.04. The summed E-state index contributed by atoms with van der Waals surface area (Å²) < 4.78 is 44.7. The zero-order chi connectivity index (χ0) is 22.2. The molecule has 0 aliphatic heterocycles. The van der Waals surface area contributed by atoms with Crippen LogP contribution in [0.15, 0.2) is 60.8 Å². The van der Waals surface area contributed by atoms with Crippen molar-refractivity contribution in [3.63, 3.8) is 0 Å². The SMILES string of the molecule is COc1ccc(N(C(=O)c2ccc(-n3ccc(C(F)(F)F)n3)cc2)C(C)C2CC2)cc1. The van der Waals surface area contributed by atoms with Gasteiger partial charge in [-0.15, -0.1) is 0 Å². The maximum atomic E-state index is 13.4. The molecular formula is C23H22F3N3O2. The monoisotopic (exact) mass is 429 g/mol. The Morgan fingerprint density at radius 3 is 2.26 bits per heavy atom. The van der Waals surface area contributed by atoms with Gasteiger partial charge in [0.25, 0.3) is 5.91 Å². The minimum absolute atomic E-state index is 0.0287. The van der Waals surface area contributed by atoms with Crippen molar-refractivity contribution in [2.45, 2.75) is 32.0 Å². The lowest BCUT2D eigenvalue weighted by Crippen LogP contribution is -2.40. The van der Waals surface area contributed by atoms with Gasteiger partial charge in [0, 0.05) is 23.5 Å². The second-order valence-corrected chi connectivity index (χ2v) is 7.64. The predicted octanol–water partition coefficient (Wildman–Crippen LogP) is 5.35. The van der Waals surface area contributed by atoms with Gasteiger partial charge < -0.3 is 9.64 Å². The molecule has 0 radical (unpaired) electrons. The summed E-state index contributed by atoms with van der Waals surface area (Å²) in [6, 6.07) is 14.7. The number of anilines is 1. The molecule has 3 aromatic rings. The molecule has 162 valence electrons. The van der Waals surface area contributed by atoms with E-state index < -0.39 is 11.9 Å². The lowest BCUT2D eigenvalue weighted by atomic mass is 10.1. The average Bonchev–Trinajstić information content (AvgIpc) is 3.49. The molecule has 1 atom stereocenters. The molecule has 2 aromatic carbocycles. The van der Waals surface area contributed by atoms with Gasteiger partial charge >= 0.3 is 6.18 Å². The first-order valence-electron chi connectivity index (χ1n) is 9.99. The highest BCUT2D eigenvalue weighted by Crippen LogP contribution is 2.38. The lowest BCUT2D eigenvalue weighted by Gasteiger charge is -2.30. The highest BCUT2D eigenvalue weighted by atomic mass is 19.4. The van der Waals surface area contributed by atoms with Gasteiger partial charge in [0.1, 0.15) is 5.75 Å². The first kappa shape index (κ1) is 21.0. The molecule has 0 N–H and O–H groups in total. The molecule has 5 nitrogen and oxygen atoms in total. The molecule has 1 amide bonds. The second kappa shape index (κ2) is 8.09. The van der Waals surface area contributed by atoms with Crippen molar-refractivity contribution < 1.29 is 22.7 Å². The van der Waals surface area contributed by atoms with Crippen LogP contribution in [-0.2, 0) is 6.18 Å². The lowest BCUT2D eigenvalue weighted by molar-refractivity contribution is -0.141. The fourth-order valence-corrected chi connectivity index (χ4v) is 3.58. The number of rotatable bonds is 6. The number of amides is 1. The van der Waals surface area contributed by atoms with Crippen molar-refractivity contribution in [3.05, 3.63) is 72.1 Å². The van der Waals surface area contributed by atoms with Gasteiger partial charge in [-0.05, 0) is 80.3 Å². The van der Waals surface area contributed by atoms with E-state index in [-0.39, 0.29) is 11.9 Å². The van der Waals surface area contributed by atoms with Gasteiger partial charge in [0.05, 0.1) is 12.8 Å². The molecule has 1 aliphatic carbocycles. The average molecular weight is 429 g/mol. The van der Waals surface area contributed by atoms with E-state index in [1.807, 2.05) is 31.2 Å². The van der Waals surface area contributed by atoms with Crippen LogP contribution in [0, 0.1) is 5.92 Å². The van der Waals surface area contributed by atoms with E-state index >= 15 is 0 Å². The van der Waals surface area contributed by atoms with Crippen LogP contribution in [0.1, 0.15) is 35.8 Å². The summed E-state index contributed by atoms with van der Waals surface area (Å²) in [5.41, 5.74) is 0.710. The molecule has 1 aliphatic rings. The third kappa shape index (κ3) is 4.42. The van der Waals surface area contributed by atoms with Crippen molar-refractivity contribution in [2.24, 2.45) is 5.92 Å². The normalized spacial score (nSPS) is 14.9. The standard InChI is InChI=1S/C23H22F3N3O2/c1-15(16-3-4-16)29(19-9-11-20(31-2)12-10-19)22(30)17-5-7-18(8-6-17)28-14-13-21(27-28)23(24,25)26/h5-16H,3-4H2,1-2H3. The van der Waals surface area contributed by atoms with Crippen molar-refractivity contribution in [3.8, 4) is 11.4 Å². The summed E-state index contributed by atoms with van der Waals surface area (Å²) in [6.07, 6.45) is -1.08. The molecular weight excluding hydrogens is 407 g/mol. The predicted molar refractivity (Wildman–Crippen MR) is 111 cm³/mol. The second-order valence-electron chi connectivity index (χ2n) is 7.64. The van der Waals surface area contributed by atoms with Crippen LogP contribution < -0.4 is 9.64 Å². The number of hydrogen-bond acceptors (Lipinski definition) is 3. The van der Waals surface area contributed by atoms with E-state index in [1.165, 1.54) is 6.20 Å². The maximum Gasteiger partial charge on any atom is 0.435 e. The Labute approximate surface area is 178 Å². The number of hydrogen-bond donors (Lipinski definition) is 0. The molecule has 31 heavy (non-hydrogen) atoms. The summed E-state index contributed by atoms with van der Waals surface area (Å²) in [4.78, 5) is 15.2. The number of halogens is 3. The maximum absolute atomic E-state index is 13.4. The van der Waals surface area contributed by atoms with Crippen molar-refractivity contribution in [1.29, 1.82) is 0 Å². The van der Waals surface area contributed by atoms with Crippen LogP contribution >= 0.6 is 0 Å². The van der Waals surface area contributed by atoms with E-state index in [0.29, 0.717) is 22.9 Å². The molecule has 1 heterocycles.